The molecule has 1 aliphatic heterocycles. The van der Waals surface area contributed by atoms with Gasteiger partial charge < -0.3 is 10.2 Å². The number of carbonyl (C=O) groups excluding carboxylic acids is 1. The second kappa shape index (κ2) is 5.76. The fourth-order valence-corrected chi connectivity index (χ4v) is 2.86. The quantitative estimate of drug-likeness (QED) is 0.650. The average molecular weight is 325 g/mol. The molecule has 9 heteroatoms. The van der Waals surface area contributed by atoms with Crippen molar-refractivity contribution in [3.8, 4) is 0 Å². The summed E-state index contributed by atoms with van der Waals surface area (Å²) < 4.78 is 0. The largest absolute Gasteiger partial charge is 0.344 e. The molecule has 0 saturated carbocycles. The molecule has 24 heavy (non-hydrogen) atoms. The lowest BCUT2D eigenvalue weighted by Gasteiger charge is -2.32. The Balaban J connectivity index is 1.59. The summed E-state index contributed by atoms with van der Waals surface area (Å²) >= 11 is 0. The van der Waals surface area contributed by atoms with Gasteiger partial charge in [-0.15, -0.1) is 0 Å². The summed E-state index contributed by atoms with van der Waals surface area (Å²) in [4.78, 5) is 37.3. The maximum absolute atomic E-state index is 12.7. The number of rotatable bonds is 3. The number of hydrogen-bond donors (Lipinski definition) is 3. The molecule has 122 valence electrons. The fraction of sp³-hybridized carbons (Fsp3) is 0.267. The van der Waals surface area contributed by atoms with Crippen LogP contribution in [0.25, 0.3) is 11.0 Å². The van der Waals surface area contributed by atoms with Gasteiger partial charge in [-0.3, -0.25) is 24.7 Å². The van der Waals surface area contributed by atoms with E-state index in [1.807, 2.05) is 6.07 Å². The molecular weight excluding hydrogens is 310 g/mol. The monoisotopic (exact) mass is 325 g/mol. The van der Waals surface area contributed by atoms with Gasteiger partial charge in [-0.2, -0.15) is 10.1 Å². The predicted octanol–water partition coefficient (Wildman–Crippen LogP) is 0.649. The van der Waals surface area contributed by atoms with Crippen LogP contribution in [0, 0.1) is 0 Å². The minimum Gasteiger partial charge on any atom is -0.344 e. The number of nitrogens with zero attached hydrogens (tertiary/aromatic N) is 4. The molecule has 4 rings (SSSR count). The Bertz CT molecular complexity index is 934. The Morgan fingerprint density at radius 3 is 3.04 bits per heavy atom. The topological polar surface area (TPSA) is 120 Å². The van der Waals surface area contributed by atoms with E-state index < -0.39 is 6.04 Å². The second-order valence-corrected chi connectivity index (χ2v) is 5.59. The Hall–Kier alpha value is -3.23. The van der Waals surface area contributed by atoms with Crippen molar-refractivity contribution >= 4 is 28.6 Å². The Kier molecular flexibility index (Phi) is 3.45. The van der Waals surface area contributed by atoms with Crippen molar-refractivity contribution in [1.29, 1.82) is 0 Å². The van der Waals surface area contributed by atoms with Crippen LogP contribution in [0.15, 0.2) is 35.5 Å². The SMILES string of the molecule is O=C1C(Nc2nc3[nH]ncc3c(=O)[nH]2)CCCN1c1cccnc1. The molecule has 4 heterocycles. The smallest absolute Gasteiger partial charge is 0.263 e. The lowest BCUT2D eigenvalue weighted by atomic mass is 10.0. The van der Waals surface area contributed by atoms with E-state index in [1.54, 1.807) is 23.4 Å². The molecule has 1 aliphatic rings. The lowest BCUT2D eigenvalue weighted by molar-refractivity contribution is -0.120. The van der Waals surface area contributed by atoms with Gasteiger partial charge in [0.05, 0.1) is 18.1 Å². The van der Waals surface area contributed by atoms with Crippen molar-refractivity contribution in [2.24, 2.45) is 0 Å². The summed E-state index contributed by atoms with van der Waals surface area (Å²) in [5.74, 6) is 0.185. The number of pyridine rings is 1. The first kappa shape index (κ1) is 14.4. The Labute approximate surface area is 136 Å². The molecular formula is C15H15N7O2. The van der Waals surface area contributed by atoms with Crippen LogP contribution in [0.3, 0.4) is 0 Å². The number of H-pyrrole nitrogens is 2. The summed E-state index contributed by atoms with van der Waals surface area (Å²) in [6.45, 7) is 0.645. The maximum Gasteiger partial charge on any atom is 0.263 e. The molecule has 1 unspecified atom stereocenters. The van der Waals surface area contributed by atoms with Crippen LogP contribution in [0.5, 0.6) is 0 Å². The number of piperidine rings is 1. The van der Waals surface area contributed by atoms with Crippen molar-refractivity contribution in [1.82, 2.24) is 25.1 Å². The minimum atomic E-state index is -0.456. The molecule has 1 atom stereocenters. The highest BCUT2D eigenvalue weighted by molar-refractivity contribution is 5.99. The normalized spacial score (nSPS) is 18.1. The van der Waals surface area contributed by atoms with Gasteiger partial charge in [0.1, 0.15) is 11.4 Å². The predicted molar refractivity (Wildman–Crippen MR) is 87.7 cm³/mol. The van der Waals surface area contributed by atoms with Crippen molar-refractivity contribution in [2.75, 3.05) is 16.8 Å². The highest BCUT2D eigenvalue weighted by atomic mass is 16.2. The molecule has 1 fully saturated rings. The third-order valence-electron chi connectivity index (χ3n) is 4.03. The van der Waals surface area contributed by atoms with Crippen LogP contribution in [0.1, 0.15) is 12.8 Å². The summed E-state index contributed by atoms with van der Waals surface area (Å²) in [6, 6.07) is 3.19. The van der Waals surface area contributed by atoms with Crippen LogP contribution < -0.4 is 15.8 Å². The number of aromatic amines is 2. The number of nitrogens with one attached hydrogen (secondary N) is 3. The molecule has 0 bridgehead atoms. The summed E-state index contributed by atoms with van der Waals surface area (Å²) in [5.41, 5.74) is 0.844. The lowest BCUT2D eigenvalue weighted by Crippen LogP contribution is -2.48. The zero-order valence-corrected chi connectivity index (χ0v) is 12.7. The van der Waals surface area contributed by atoms with Crippen LogP contribution in [0.4, 0.5) is 11.6 Å². The maximum atomic E-state index is 12.7. The molecule has 0 radical (unpaired) electrons. The molecule has 0 aliphatic carbocycles. The average Bonchev–Trinajstić information content (AvgIpc) is 3.07. The molecule has 0 spiro atoms. The van der Waals surface area contributed by atoms with E-state index in [0.29, 0.717) is 24.0 Å². The standard InChI is InChI=1S/C15H15N7O2/c23-13-10-8-17-21-12(10)19-15(20-13)18-11-4-2-6-22(14(11)24)9-3-1-5-16-7-9/h1,3,5,7-8,11H,2,4,6H2,(H3,17,18,19,20,21,23). The van der Waals surface area contributed by atoms with Gasteiger partial charge in [0, 0.05) is 12.7 Å². The number of anilines is 2. The van der Waals surface area contributed by atoms with Crippen LogP contribution in [-0.2, 0) is 4.79 Å². The Morgan fingerprint density at radius 1 is 1.29 bits per heavy atom. The van der Waals surface area contributed by atoms with Crippen molar-refractivity contribution in [2.45, 2.75) is 18.9 Å². The zero-order valence-electron chi connectivity index (χ0n) is 12.7. The molecule has 9 nitrogen and oxygen atoms in total. The van der Waals surface area contributed by atoms with Crippen LogP contribution >= 0.6 is 0 Å². The third-order valence-corrected chi connectivity index (χ3v) is 4.03. The van der Waals surface area contributed by atoms with E-state index in [1.165, 1.54) is 6.20 Å². The van der Waals surface area contributed by atoms with Gasteiger partial charge in [-0.1, -0.05) is 0 Å². The minimum absolute atomic E-state index is 0.0680. The number of carbonyl (C=O) groups is 1. The summed E-state index contributed by atoms with van der Waals surface area (Å²) in [7, 11) is 0. The van der Waals surface area contributed by atoms with Gasteiger partial charge in [0.25, 0.3) is 5.56 Å². The van der Waals surface area contributed by atoms with E-state index >= 15 is 0 Å². The second-order valence-electron chi connectivity index (χ2n) is 5.59. The van der Waals surface area contributed by atoms with Gasteiger partial charge in [0.2, 0.25) is 11.9 Å². The number of fused-ring (bicyclic) bond motifs is 1. The molecule has 3 aromatic heterocycles. The number of amides is 1. The van der Waals surface area contributed by atoms with Crippen molar-refractivity contribution in [3.63, 3.8) is 0 Å². The van der Waals surface area contributed by atoms with Gasteiger partial charge in [-0.25, -0.2) is 0 Å². The van der Waals surface area contributed by atoms with E-state index in [9.17, 15) is 9.59 Å². The first-order chi connectivity index (χ1) is 11.7. The summed E-state index contributed by atoms with van der Waals surface area (Å²) in [5, 5.41) is 9.87. The van der Waals surface area contributed by atoms with Crippen LogP contribution in [-0.4, -0.2) is 43.6 Å². The first-order valence-corrected chi connectivity index (χ1v) is 7.64. The summed E-state index contributed by atoms with van der Waals surface area (Å²) in [6.07, 6.45) is 6.26. The zero-order chi connectivity index (χ0) is 16.5. The van der Waals surface area contributed by atoms with Gasteiger partial charge >= 0.3 is 0 Å². The van der Waals surface area contributed by atoms with Crippen molar-refractivity contribution in [3.05, 3.63) is 41.1 Å². The molecule has 0 aromatic carbocycles. The highest BCUT2D eigenvalue weighted by Crippen LogP contribution is 2.21. The van der Waals surface area contributed by atoms with E-state index in [0.717, 1.165) is 12.1 Å². The molecule has 1 amide bonds. The first-order valence-electron chi connectivity index (χ1n) is 7.64. The number of aromatic nitrogens is 5. The fourth-order valence-electron chi connectivity index (χ4n) is 2.86. The highest BCUT2D eigenvalue weighted by Gasteiger charge is 2.30. The van der Waals surface area contributed by atoms with E-state index in [4.69, 9.17) is 0 Å². The van der Waals surface area contributed by atoms with Crippen molar-refractivity contribution < 1.29 is 4.79 Å². The molecule has 3 N–H and O–H groups in total. The Morgan fingerprint density at radius 2 is 2.21 bits per heavy atom. The molecule has 1 saturated heterocycles. The number of hydrogen-bond acceptors (Lipinski definition) is 6. The third kappa shape index (κ3) is 2.49. The van der Waals surface area contributed by atoms with Gasteiger partial charge in [-0.05, 0) is 25.0 Å². The van der Waals surface area contributed by atoms with Crippen LogP contribution in [0.2, 0.25) is 0 Å². The molecule has 3 aromatic rings. The van der Waals surface area contributed by atoms with E-state index in [-0.39, 0.29) is 17.4 Å². The van der Waals surface area contributed by atoms with Gasteiger partial charge in [0.15, 0.2) is 5.65 Å². The van der Waals surface area contributed by atoms with E-state index in [2.05, 4.69) is 30.5 Å².